The second-order valence-electron chi connectivity index (χ2n) is 4.45. The summed E-state index contributed by atoms with van der Waals surface area (Å²) in [5.41, 5.74) is 2.93. The van der Waals surface area contributed by atoms with E-state index in [1.54, 1.807) is 0 Å². The fourth-order valence-electron chi connectivity index (χ4n) is 2.46. The van der Waals surface area contributed by atoms with Crippen LogP contribution in [0.25, 0.3) is 0 Å². The molecule has 0 fully saturated rings. The molecule has 0 radical (unpaired) electrons. The molecule has 0 aromatic rings. The van der Waals surface area contributed by atoms with E-state index in [0.29, 0.717) is 0 Å². The van der Waals surface area contributed by atoms with Gasteiger partial charge in [-0.1, -0.05) is 54.5 Å². The molecule has 0 unspecified atom stereocenters. The number of rotatable bonds is 4. The molecule has 2 rings (SSSR count). The quantitative estimate of drug-likeness (QED) is 0.742. The molecule has 0 saturated carbocycles. The maximum Gasteiger partial charge on any atom is 0.0442 e. The first kappa shape index (κ1) is 10.4. The van der Waals surface area contributed by atoms with Crippen LogP contribution in [0.1, 0.15) is 26.2 Å². The van der Waals surface area contributed by atoms with E-state index < -0.39 is 0 Å². The maximum absolute atomic E-state index is 9.23. The fourth-order valence-corrected chi connectivity index (χ4v) is 2.46. The van der Waals surface area contributed by atoms with E-state index >= 15 is 0 Å². The molecule has 0 aromatic carbocycles. The van der Waals surface area contributed by atoms with Crippen LogP contribution in [-0.2, 0) is 0 Å². The van der Waals surface area contributed by atoms with Crippen molar-refractivity contribution in [2.45, 2.75) is 26.2 Å². The van der Waals surface area contributed by atoms with Gasteiger partial charge in [-0.25, -0.2) is 0 Å². The summed E-state index contributed by atoms with van der Waals surface area (Å²) in [7, 11) is 0. The summed E-state index contributed by atoms with van der Waals surface area (Å²) in [6.07, 6.45) is 15.9. The van der Waals surface area contributed by atoms with Crippen LogP contribution in [0, 0.1) is 5.41 Å². The fraction of sp³-hybridized carbons (Fsp3) is 0.429. The Hall–Kier alpha value is -1.08. The zero-order valence-electron chi connectivity index (χ0n) is 9.24. The summed E-state index contributed by atoms with van der Waals surface area (Å²) >= 11 is 0. The first-order valence-electron chi connectivity index (χ1n) is 5.60. The van der Waals surface area contributed by atoms with Crippen molar-refractivity contribution in [2.75, 3.05) is 6.61 Å². The van der Waals surface area contributed by atoms with E-state index in [1.807, 2.05) is 0 Å². The van der Waals surface area contributed by atoms with E-state index in [2.05, 4.69) is 43.4 Å². The predicted octanol–water partition coefficient (Wildman–Crippen LogP) is 3.15. The molecule has 0 heterocycles. The molecule has 0 atom stereocenters. The van der Waals surface area contributed by atoms with Gasteiger partial charge in [0.25, 0.3) is 0 Å². The predicted molar refractivity (Wildman–Crippen MR) is 63.5 cm³/mol. The van der Waals surface area contributed by atoms with E-state index in [0.717, 1.165) is 19.3 Å². The number of allylic oxidation sites excluding steroid dienone is 8. The van der Waals surface area contributed by atoms with E-state index in [9.17, 15) is 5.11 Å². The molecular weight excluding hydrogens is 184 g/mol. The highest BCUT2D eigenvalue weighted by atomic mass is 16.3. The third-order valence-electron chi connectivity index (χ3n) is 3.57. The number of aliphatic hydroxyl groups is 1. The summed E-state index contributed by atoms with van der Waals surface area (Å²) in [6.45, 7) is 2.51. The second-order valence-corrected chi connectivity index (χ2v) is 4.45. The standard InChI is InChI=1S/C14H18O/c1-14(10-11-15,12-6-2-3-7-12)13-8-4-5-9-13/h2-6,8,15H,7,9-11H2,1H3. The lowest BCUT2D eigenvalue weighted by Crippen LogP contribution is -2.22. The topological polar surface area (TPSA) is 20.2 Å². The van der Waals surface area contributed by atoms with Crippen molar-refractivity contribution >= 4 is 0 Å². The van der Waals surface area contributed by atoms with Gasteiger partial charge in [-0.15, -0.1) is 0 Å². The molecule has 0 saturated heterocycles. The summed E-state index contributed by atoms with van der Waals surface area (Å²) in [5, 5.41) is 9.23. The number of aliphatic hydroxyl groups excluding tert-OH is 1. The van der Waals surface area contributed by atoms with Crippen molar-refractivity contribution < 1.29 is 5.11 Å². The van der Waals surface area contributed by atoms with Crippen LogP contribution in [-0.4, -0.2) is 11.7 Å². The van der Waals surface area contributed by atoms with Gasteiger partial charge in [-0.3, -0.25) is 0 Å². The molecule has 2 aliphatic carbocycles. The molecule has 0 aromatic heterocycles. The van der Waals surface area contributed by atoms with Crippen molar-refractivity contribution in [3.05, 3.63) is 47.6 Å². The largest absolute Gasteiger partial charge is 0.396 e. The van der Waals surface area contributed by atoms with Crippen molar-refractivity contribution in [3.63, 3.8) is 0 Å². The summed E-state index contributed by atoms with van der Waals surface area (Å²) in [4.78, 5) is 0. The van der Waals surface area contributed by atoms with Gasteiger partial charge in [0, 0.05) is 12.0 Å². The lowest BCUT2D eigenvalue weighted by atomic mass is 9.72. The average molecular weight is 202 g/mol. The number of hydrogen-bond donors (Lipinski definition) is 1. The van der Waals surface area contributed by atoms with Crippen LogP contribution in [0.4, 0.5) is 0 Å². The Balaban J connectivity index is 2.23. The smallest absolute Gasteiger partial charge is 0.0442 e. The minimum atomic E-state index is 0.0573. The van der Waals surface area contributed by atoms with Gasteiger partial charge in [0.15, 0.2) is 0 Å². The lowest BCUT2D eigenvalue weighted by molar-refractivity contribution is 0.240. The first-order chi connectivity index (χ1) is 7.27. The van der Waals surface area contributed by atoms with Gasteiger partial charge in [0.05, 0.1) is 0 Å². The normalized spacial score (nSPS) is 19.6. The van der Waals surface area contributed by atoms with Gasteiger partial charge >= 0.3 is 0 Å². The molecule has 2 aliphatic rings. The highest BCUT2D eigenvalue weighted by Gasteiger charge is 2.32. The van der Waals surface area contributed by atoms with Crippen molar-refractivity contribution in [2.24, 2.45) is 5.41 Å². The molecule has 1 heteroatoms. The Morgan fingerprint density at radius 1 is 1.13 bits per heavy atom. The summed E-state index contributed by atoms with van der Waals surface area (Å²) in [6, 6.07) is 0. The van der Waals surface area contributed by atoms with Crippen LogP contribution < -0.4 is 0 Å². The van der Waals surface area contributed by atoms with E-state index in [-0.39, 0.29) is 12.0 Å². The summed E-state index contributed by atoms with van der Waals surface area (Å²) in [5.74, 6) is 0. The average Bonchev–Trinajstić information content (AvgIpc) is 2.92. The molecule has 0 bridgehead atoms. The van der Waals surface area contributed by atoms with Crippen LogP contribution in [0.3, 0.4) is 0 Å². The van der Waals surface area contributed by atoms with Crippen LogP contribution in [0.5, 0.6) is 0 Å². The maximum atomic E-state index is 9.23. The highest BCUT2D eigenvalue weighted by Crippen LogP contribution is 2.44. The molecular formula is C14H18O. The van der Waals surface area contributed by atoms with Gasteiger partial charge < -0.3 is 5.11 Å². The van der Waals surface area contributed by atoms with Gasteiger partial charge in [0.1, 0.15) is 0 Å². The molecule has 1 nitrogen and oxygen atoms in total. The van der Waals surface area contributed by atoms with Crippen molar-refractivity contribution in [1.29, 1.82) is 0 Å². The molecule has 80 valence electrons. The Labute approximate surface area is 91.5 Å². The molecule has 1 N–H and O–H groups in total. The van der Waals surface area contributed by atoms with Gasteiger partial charge in [-0.2, -0.15) is 0 Å². The van der Waals surface area contributed by atoms with Gasteiger partial charge in [0.2, 0.25) is 0 Å². The Morgan fingerprint density at radius 3 is 2.00 bits per heavy atom. The molecule has 15 heavy (non-hydrogen) atoms. The second kappa shape index (κ2) is 4.19. The molecule has 0 amide bonds. The van der Waals surface area contributed by atoms with E-state index in [1.165, 1.54) is 11.1 Å². The van der Waals surface area contributed by atoms with Gasteiger partial charge in [-0.05, 0) is 19.3 Å². The Morgan fingerprint density at radius 2 is 1.67 bits per heavy atom. The zero-order valence-corrected chi connectivity index (χ0v) is 9.24. The number of hydrogen-bond acceptors (Lipinski definition) is 1. The van der Waals surface area contributed by atoms with Crippen LogP contribution in [0.2, 0.25) is 0 Å². The Kier molecular flexibility index (Phi) is 2.92. The molecule has 0 aliphatic heterocycles. The minimum Gasteiger partial charge on any atom is -0.396 e. The minimum absolute atomic E-state index is 0.0573. The molecule has 0 spiro atoms. The Bertz CT molecular complexity index is 326. The van der Waals surface area contributed by atoms with E-state index in [4.69, 9.17) is 0 Å². The highest BCUT2D eigenvalue weighted by molar-refractivity contribution is 5.40. The monoisotopic (exact) mass is 202 g/mol. The third kappa shape index (κ3) is 1.84. The van der Waals surface area contributed by atoms with Crippen LogP contribution >= 0.6 is 0 Å². The summed E-state index contributed by atoms with van der Waals surface area (Å²) < 4.78 is 0. The zero-order chi connectivity index (χ0) is 10.7. The first-order valence-corrected chi connectivity index (χ1v) is 5.60. The van der Waals surface area contributed by atoms with Crippen LogP contribution in [0.15, 0.2) is 47.6 Å². The SMILES string of the molecule is CC(CCO)(C1=CC=CC1)C1=CC=CC1. The lowest BCUT2D eigenvalue weighted by Gasteiger charge is -2.32. The van der Waals surface area contributed by atoms with Crippen molar-refractivity contribution in [1.82, 2.24) is 0 Å². The van der Waals surface area contributed by atoms with Crippen molar-refractivity contribution in [3.8, 4) is 0 Å². The third-order valence-corrected chi connectivity index (χ3v) is 3.57.